The molecule has 1 unspecified atom stereocenters. The number of phenols is 1. The Bertz CT molecular complexity index is 2070. The number of benzene rings is 1. The summed E-state index contributed by atoms with van der Waals surface area (Å²) in [4.78, 5) is 76.3. The molecule has 0 radical (unpaired) electrons. The summed E-state index contributed by atoms with van der Waals surface area (Å²) >= 11 is 2.25. The molecule has 16 nitrogen and oxygen atoms in total. The van der Waals surface area contributed by atoms with E-state index in [1.54, 1.807) is 29.1 Å². The van der Waals surface area contributed by atoms with Crippen molar-refractivity contribution in [3.05, 3.63) is 93.1 Å². The van der Waals surface area contributed by atoms with Crippen molar-refractivity contribution in [3.63, 3.8) is 0 Å². The van der Waals surface area contributed by atoms with E-state index in [-0.39, 0.29) is 80.6 Å². The maximum atomic E-state index is 13.6. The number of H-pyrrole nitrogens is 1. The maximum absolute atomic E-state index is 13.6. The van der Waals surface area contributed by atoms with Gasteiger partial charge in [-0.25, -0.2) is 19.1 Å². The number of aromatic amines is 1. The van der Waals surface area contributed by atoms with Gasteiger partial charge in [0.05, 0.1) is 5.52 Å². The number of nitrogens with zero attached hydrogens (tertiary/aromatic N) is 4. The number of phenolic OH excluding ortho intramolecular Hbond substituents is 1. The Hall–Kier alpha value is -4.75. The fourth-order valence-electron chi connectivity index (χ4n) is 5.20. The number of carbonyl (C=O) groups is 4. The molecular weight excluding hydrogens is 677 g/mol. The predicted octanol–water partition coefficient (Wildman–Crippen LogP) is -0.103. The SMILES string of the molecule is Nc1nc(/C(=N/OC(C(=O)O)c2ccc(O)c3[nH]c(=O)ccc23)C(=O)N[C@@H]2C(=O)N3C(C(=O)O)=C(C[n+]4ccccc4)CS[C@H]23)cs1.[NaH]. The standard InChI is InChI=1S/C29H23N7O9S2.Na.H/c30-29-31-16(12-47-29)20(34-45-23(28(43)44)15-4-6-17(37)19-14(15)5-7-18(38)32-19)24(39)33-21-25(40)36-22(27(41)42)13(11-46-26(21)36)10-35-8-2-1-3-9-35;;/h1-9,12,21,23,26H,10-11H2,(H6-,30,31,32,33,34,37,38,39,41,42,43,44);;/p+1/t21-,23?,26-;;/m1../s1. The number of nitrogens with two attached hydrogens (primary N) is 1. The number of aliphatic carboxylic acids is 2. The molecule has 7 N–H and O–H groups in total. The van der Waals surface area contributed by atoms with Crippen LogP contribution in [0, 0.1) is 0 Å². The number of anilines is 1. The molecule has 1 fully saturated rings. The normalized spacial score (nSPS) is 18.0. The summed E-state index contributed by atoms with van der Waals surface area (Å²) in [7, 11) is 0. The van der Waals surface area contributed by atoms with Gasteiger partial charge in [-0.05, 0) is 12.1 Å². The van der Waals surface area contributed by atoms with Gasteiger partial charge in [0.15, 0.2) is 29.8 Å². The second kappa shape index (κ2) is 14.2. The van der Waals surface area contributed by atoms with Gasteiger partial charge in [-0.15, -0.1) is 23.1 Å². The number of aromatic hydroxyl groups is 1. The van der Waals surface area contributed by atoms with Crippen LogP contribution in [0.15, 0.2) is 81.5 Å². The number of thiazole rings is 1. The summed E-state index contributed by atoms with van der Waals surface area (Å²) in [6, 6.07) is 9.17. The third kappa shape index (κ3) is 6.65. The number of rotatable bonds is 10. The van der Waals surface area contributed by atoms with Crippen LogP contribution in [0.1, 0.15) is 17.4 Å². The number of pyridine rings is 2. The van der Waals surface area contributed by atoms with E-state index < -0.39 is 52.5 Å². The molecule has 48 heavy (non-hydrogen) atoms. The van der Waals surface area contributed by atoms with Gasteiger partial charge in [-0.1, -0.05) is 17.3 Å². The third-order valence-electron chi connectivity index (χ3n) is 7.33. The molecule has 4 aromatic rings. The summed E-state index contributed by atoms with van der Waals surface area (Å²) < 4.78 is 1.79. The number of carbonyl (C=O) groups excluding carboxylic acids is 2. The predicted molar refractivity (Wildman–Crippen MR) is 174 cm³/mol. The van der Waals surface area contributed by atoms with Crippen LogP contribution in [-0.4, -0.2) is 106 Å². The Labute approximate surface area is 300 Å². The van der Waals surface area contributed by atoms with E-state index in [4.69, 9.17) is 10.6 Å². The zero-order valence-electron chi connectivity index (χ0n) is 23.9. The van der Waals surface area contributed by atoms with Gasteiger partial charge in [0, 0.05) is 45.9 Å². The number of aromatic nitrogens is 3. The minimum atomic E-state index is -1.82. The first kappa shape index (κ1) is 34.6. The first-order valence-electron chi connectivity index (χ1n) is 13.7. The molecular formula is C29H25N7NaO9S2+. The molecule has 1 aromatic carbocycles. The van der Waals surface area contributed by atoms with Crippen LogP contribution in [0.2, 0.25) is 0 Å². The van der Waals surface area contributed by atoms with Crippen LogP contribution in [0.5, 0.6) is 5.75 Å². The van der Waals surface area contributed by atoms with Gasteiger partial charge in [0.1, 0.15) is 28.6 Å². The fraction of sp³-hybridized carbons (Fsp3) is 0.172. The van der Waals surface area contributed by atoms with Gasteiger partial charge in [0.2, 0.25) is 11.7 Å². The number of fused-ring (bicyclic) bond motifs is 2. The van der Waals surface area contributed by atoms with Crippen molar-refractivity contribution >= 4 is 98.2 Å². The number of carboxylic acids is 2. The second-order valence-electron chi connectivity index (χ2n) is 10.3. The average molecular weight is 703 g/mol. The monoisotopic (exact) mass is 702 g/mol. The van der Waals surface area contributed by atoms with Crippen LogP contribution >= 0.6 is 23.1 Å². The molecule has 0 spiro atoms. The summed E-state index contributed by atoms with van der Waals surface area (Å²) in [5.41, 5.74) is 5.01. The van der Waals surface area contributed by atoms with Crippen molar-refractivity contribution < 1.29 is 43.9 Å². The Kier molecular flexibility index (Phi) is 10.2. The molecule has 2 amide bonds. The number of hydrogen-bond acceptors (Lipinski definition) is 12. The first-order chi connectivity index (χ1) is 22.5. The summed E-state index contributed by atoms with van der Waals surface area (Å²) in [6.45, 7) is 0.250. The number of carboxylic acid groups (broad SMARTS) is 2. The van der Waals surface area contributed by atoms with Crippen molar-refractivity contribution in [1.29, 1.82) is 0 Å². The summed E-state index contributed by atoms with van der Waals surface area (Å²) in [5.74, 6) is -4.43. The Morgan fingerprint density at radius 1 is 1.17 bits per heavy atom. The van der Waals surface area contributed by atoms with E-state index in [9.17, 15) is 39.3 Å². The van der Waals surface area contributed by atoms with E-state index in [0.29, 0.717) is 5.57 Å². The first-order valence-corrected chi connectivity index (χ1v) is 15.6. The van der Waals surface area contributed by atoms with Gasteiger partial charge in [-0.2, -0.15) is 0 Å². The summed E-state index contributed by atoms with van der Waals surface area (Å²) in [5, 5.41) is 37.5. The van der Waals surface area contributed by atoms with E-state index in [0.717, 1.165) is 22.3 Å². The topological polar surface area (TPSA) is 241 Å². The van der Waals surface area contributed by atoms with Crippen LogP contribution in [0.25, 0.3) is 10.9 Å². The van der Waals surface area contributed by atoms with Crippen LogP contribution in [0.4, 0.5) is 5.13 Å². The Morgan fingerprint density at radius 3 is 2.58 bits per heavy atom. The van der Waals surface area contributed by atoms with Gasteiger partial charge < -0.3 is 36.2 Å². The van der Waals surface area contributed by atoms with Crippen LogP contribution in [-0.2, 0) is 30.6 Å². The minimum absolute atomic E-state index is 0. The molecule has 0 aliphatic carbocycles. The molecule has 5 heterocycles. The van der Waals surface area contributed by atoms with Crippen molar-refractivity contribution in [3.8, 4) is 5.75 Å². The number of oxime groups is 1. The van der Waals surface area contributed by atoms with Crippen molar-refractivity contribution in [1.82, 2.24) is 20.2 Å². The van der Waals surface area contributed by atoms with E-state index in [2.05, 4.69) is 20.4 Å². The van der Waals surface area contributed by atoms with Crippen LogP contribution < -0.4 is 21.2 Å². The Morgan fingerprint density at radius 2 is 1.92 bits per heavy atom. The zero-order chi connectivity index (χ0) is 33.4. The second-order valence-corrected chi connectivity index (χ2v) is 12.3. The van der Waals surface area contributed by atoms with Crippen molar-refractivity contribution in [2.75, 3.05) is 11.5 Å². The molecule has 0 bridgehead atoms. The van der Waals surface area contributed by atoms with Gasteiger partial charge in [-0.3, -0.25) is 19.3 Å². The van der Waals surface area contributed by atoms with E-state index >= 15 is 0 Å². The molecule has 1 saturated heterocycles. The van der Waals surface area contributed by atoms with Crippen molar-refractivity contribution in [2.45, 2.75) is 24.1 Å². The molecule has 19 heteroatoms. The number of thioether (sulfide) groups is 1. The van der Waals surface area contributed by atoms with Gasteiger partial charge in [0.25, 0.3) is 11.8 Å². The van der Waals surface area contributed by atoms with Gasteiger partial charge >= 0.3 is 41.5 Å². The zero-order valence-corrected chi connectivity index (χ0v) is 25.5. The summed E-state index contributed by atoms with van der Waals surface area (Å²) in [6.07, 6.45) is 1.73. The number of nitrogens with one attached hydrogen (secondary N) is 2. The van der Waals surface area contributed by atoms with Crippen molar-refractivity contribution in [2.24, 2.45) is 5.16 Å². The van der Waals surface area contributed by atoms with Crippen LogP contribution in [0.3, 0.4) is 0 Å². The fourth-order valence-corrected chi connectivity index (χ4v) is 7.09. The molecule has 2 aliphatic rings. The molecule has 242 valence electrons. The Balaban J connectivity index is 0.00000451. The molecule has 6 rings (SSSR count). The molecule has 3 atom stereocenters. The third-order valence-corrected chi connectivity index (χ3v) is 9.34. The molecule has 2 aliphatic heterocycles. The van der Waals surface area contributed by atoms with E-state index in [1.807, 2.05) is 6.07 Å². The number of amides is 2. The van der Waals surface area contributed by atoms with E-state index in [1.165, 1.54) is 35.3 Å². The number of nitrogen functional groups attached to an aromatic ring is 1. The molecule has 0 saturated carbocycles. The average Bonchev–Trinajstić information content (AvgIpc) is 3.48. The molecule has 3 aromatic heterocycles. The quantitative estimate of drug-likeness (QED) is 0.0417. The number of hydrogen-bond donors (Lipinski definition) is 6. The number of β-lactam (4-membered cyclic amide) rings is 1.